The fourth-order valence-electron chi connectivity index (χ4n) is 3.35. The molecule has 1 aliphatic rings. The average Bonchev–Trinajstić information content (AvgIpc) is 2.30. The maximum absolute atomic E-state index is 11.5. The highest BCUT2D eigenvalue weighted by atomic mass is 32.2. The van der Waals surface area contributed by atoms with Crippen molar-refractivity contribution < 1.29 is 13.2 Å². The van der Waals surface area contributed by atoms with Gasteiger partial charge in [0.2, 0.25) is 10.0 Å². The predicted molar refractivity (Wildman–Crippen MR) is 83.9 cm³/mol. The second-order valence-electron chi connectivity index (χ2n) is 6.59. The van der Waals surface area contributed by atoms with Crippen LogP contribution < -0.4 is 9.88 Å². The first kappa shape index (κ1) is 16.3. The number of ether oxygens (including phenoxy) is 1. The minimum absolute atomic E-state index is 0.178. The van der Waals surface area contributed by atoms with E-state index in [0.29, 0.717) is 17.4 Å². The Labute approximate surface area is 127 Å². The zero-order valence-corrected chi connectivity index (χ0v) is 14.0. The standard InChI is InChI=1S/C16H25NO3S/c1-10-5-11(2)7-14(6-10)20-15-8-13(4)16(9-12(15)3)21(17,18)19/h8-11,14H,5-7H2,1-4H3,(H2,17,18,19). The van der Waals surface area contributed by atoms with Gasteiger partial charge in [-0.05, 0) is 68.2 Å². The molecule has 2 rings (SSSR count). The minimum Gasteiger partial charge on any atom is -0.490 e. The summed E-state index contributed by atoms with van der Waals surface area (Å²) in [4.78, 5) is 0.178. The van der Waals surface area contributed by atoms with Crippen LogP contribution >= 0.6 is 0 Å². The van der Waals surface area contributed by atoms with Gasteiger partial charge in [-0.2, -0.15) is 0 Å². The lowest BCUT2D eigenvalue weighted by molar-refractivity contribution is 0.100. The van der Waals surface area contributed by atoms with E-state index in [1.807, 2.05) is 6.92 Å². The van der Waals surface area contributed by atoms with Crippen molar-refractivity contribution in [1.82, 2.24) is 0 Å². The second-order valence-corrected chi connectivity index (χ2v) is 8.12. The highest BCUT2D eigenvalue weighted by molar-refractivity contribution is 7.89. The average molecular weight is 311 g/mol. The molecule has 2 unspecified atom stereocenters. The number of benzene rings is 1. The minimum atomic E-state index is -3.68. The van der Waals surface area contributed by atoms with Gasteiger partial charge in [0.1, 0.15) is 5.75 Å². The molecule has 5 heteroatoms. The lowest BCUT2D eigenvalue weighted by Gasteiger charge is -2.32. The zero-order chi connectivity index (χ0) is 15.8. The van der Waals surface area contributed by atoms with Crippen molar-refractivity contribution >= 4 is 10.0 Å². The van der Waals surface area contributed by atoms with Crippen molar-refractivity contribution in [2.24, 2.45) is 17.0 Å². The first-order valence-electron chi connectivity index (χ1n) is 7.47. The Kier molecular flexibility index (Phi) is 4.63. The molecular weight excluding hydrogens is 286 g/mol. The van der Waals surface area contributed by atoms with Crippen LogP contribution in [0.5, 0.6) is 5.75 Å². The maximum Gasteiger partial charge on any atom is 0.238 e. The topological polar surface area (TPSA) is 69.4 Å². The summed E-state index contributed by atoms with van der Waals surface area (Å²) in [5.41, 5.74) is 1.45. The van der Waals surface area contributed by atoms with Crippen molar-refractivity contribution in [3.05, 3.63) is 23.3 Å². The van der Waals surface area contributed by atoms with Crippen molar-refractivity contribution in [2.45, 2.75) is 58.0 Å². The predicted octanol–water partition coefficient (Wildman–Crippen LogP) is 3.15. The van der Waals surface area contributed by atoms with Crippen LogP contribution in [0.3, 0.4) is 0 Å². The summed E-state index contributed by atoms with van der Waals surface area (Å²) in [6.45, 7) is 8.12. The molecule has 1 aromatic rings. The van der Waals surface area contributed by atoms with E-state index in [2.05, 4.69) is 13.8 Å². The highest BCUT2D eigenvalue weighted by Gasteiger charge is 2.26. The molecule has 1 aliphatic carbocycles. The Hall–Kier alpha value is -1.07. The highest BCUT2D eigenvalue weighted by Crippen LogP contribution is 2.33. The third-order valence-corrected chi connectivity index (χ3v) is 5.26. The molecule has 2 N–H and O–H groups in total. The number of primary sulfonamides is 1. The molecule has 118 valence electrons. The molecular formula is C16H25NO3S. The van der Waals surface area contributed by atoms with Gasteiger partial charge in [0.05, 0.1) is 11.0 Å². The fraction of sp³-hybridized carbons (Fsp3) is 0.625. The Morgan fingerprint density at radius 2 is 1.62 bits per heavy atom. The Bertz CT molecular complexity index is 615. The molecule has 0 aliphatic heterocycles. The van der Waals surface area contributed by atoms with Crippen molar-refractivity contribution in [3.8, 4) is 5.75 Å². The monoisotopic (exact) mass is 311 g/mol. The number of hydrogen-bond acceptors (Lipinski definition) is 3. The van der Waals surface area contributed by atoms with E-state index in [9.17, 15) is 8.42 Å². The molecule has 1 aromatic carbocycles. The molecule has 2 atom stereocenters. The summed E-state index contributed by atoms with van der Waals surface area (Å²) >= 11 is 0. The van der Waals surface area contributed by atoms with Crippen molar-refractivity contribution in [3.63, 3.8) is 0 Å². The smallest absolute Gasteiger partial charge is 0.238 e. The van der Waals surface area contributed by atoms with Gasteiger partial charge in [0.15, 0.2) is 0 Å². The lowest BCUT2D eigenvalue weighted by atomic mass is 9.82. The molecule has 4 nitrogen and oxygen atoms in total. The van der Waals surface area contributed by atoms with E-state index in [0.717, 1.165) is 24.2 Å². The van der Waals surface area contributed by atoms with Gasteiger partial charge in [0, 0.05) is 0 Å². The third kappa shape index (κ3) is 3.98. The third-order valence-electron chi connectivity index (χ3n) is 4.21. The van der Waals surface area contributed by atoms with Gasteiger partial charge < -0.3 is 4.74 Å². The quantitative estimate of drug-likeness (QED) is 0.932. The normalized spacial score (nSPS) is 26.6. The maximum atomic E-state index is 11.5. The van der Waals surface area contributed by atoms with Gasteiger partial charge in [-0.15, -0.1) is 0 Å². The van der Waals surface area contributed by atoms with Crippen LogP contribution in [0.1, 0.15) is 44.2 Å². The fourth-order valence-corrected chi connectivity index (χ4v) is 4.19. The molecule has 0 bridgehead atoms. The second kappa shape index (κ2) is 5.97. The van der Waals surface area contributed by atoms with E-state index in [4.69, 9.17) is 9.88 Å². The van der Waals surface area contributed by atoms with Gasteiger partial charge in [0.25, 0.3) is 0 Å². The largest absolute Gasteiger partial charge is 0.490 e. The molecule has 0 aromatic heterocycles. The van der Waals surface area contributed by atoms with Gasteiger partial charge in [-0.3, -0.25) is 0 Å². The molecule has 1 saturated carbocycles. The molecule has 0 radical (unpaired) electrons. The van der Waals surface area contributed by atoms with E-state index in [1.54, 1.807) is 19.1 Å². The number of sulfonamides is 1. The Morgan fingerprint density at radius 1 is 1.05 bits per heavy atom. The first-order valence-corrected chi connectivity index (χ1v) is 9.02. The van der Waals surface area contributed by atoms with E-state index < -0.39 is 10.0 Å². The van der Waals surface area contributed by atoms with Gasteiger partial charge in [-0.1, -0.05) is 13.8 Å². The van der Waals surface area contributed by atoms with Crippen LogP contribution in [0.15, 0.2) is 17.0 Å². The Morgan fingerprint density at radius 3 is 2.14 bits per heavy atom. The van der Waals surface area contributed by atoms with E-state index in [1.165, 1.54) is 6.42 Å². The first-order chi connectivity index (χ1) is 9.66. The van der Waals surface area contributed by atoms with Crippen LogP contribution in [0.25, 0.3) is 0 Å². The molecule has 21 heavy (non-hydrogen) atoms. The lowest BCUT2D eigenvalue weighted by Crippen LogP contribution is -2.28. The van der Waals surface area contributed by atoms with Crippen LogP contribution in [-0.4, -0.2) is 14.5 Å². The van der Waals surface area contributed by atoms with E-state index in [-0.39, 0.29) is 11.0 Å². The van der Waals surface area contributed by atoms with Crippen LogP contribution in [0.4, 0.5) is 0 Å². The summed E-state index contributed by atoms with van der Waals surface area (Å²) in [5.74, 6) is 2.11. The van der Waals surface area contributed by atoms with Crippen molar-refractivity contribution in [2.75, 3.05) is 0 Å². The molecule has 0 saturated heterocycles. The van der Waals surface area contributed by atoms with Gasteiger partial charge >= 0.3 is 0 Å². The van der Waals surface area contributed by atoms with Crippen LogP contribution in [-0.2, 0) is 10.0 Å². The van der Waals surface area contributed by atoms with Crippen LogP contribution in [0.2, 0.25) is 0 Å². The number of hydrogen-bond donors (Lipinski definition) is 1. The molecule has 0 heterocycles. The summed E-state index contributed by atoms with van der Waals surface area (Å²) in [5, 5.41) is 5.23. The number of nitrogens with two attached hydrogens (primary N) is 1. The molecule has 0 amide bonds. The SMILES string of the molecule is Cc1cc(S(N)(=O)=O)c(C)cc1OC1CC(C)CC(C)C1. The summed E-state index contributed by atoms with van der Waals surface area (Å²) in [6, 6.07) is 3.40. The summed E-state index contributed by atoms with van der Waals surface area (Å²) in [7, 11) is -3.68. The number of rotatable bonds is 3. The summed E-state index contributed by atoms with van der Waals surface area (Å²) in [6.07, 6.45) is 3.57. The molecule has 0 spiro atoms. The van der Waals surface area contributed by atoms with Crippen LogP contribution in [0, 0.1) is 25.7 Å². The van der Waals surface area contributed by atoms with E-state index >= 15 is 0 Å². The molecule has 1 fully saturated rings. The van der Waals surface area contributed by atoms with Gasteiger partial charge in [-0.25, -0.2) is 13.6 Å². The zero-order valence-electron chi connectivity index (χ0n) is 13.2. The Balaban J connectivity index is 2.23. The number of aryl methyl sites for hydroxylation is 2. The summed E-state index contributed by atoms with van der Waals surface area (Å²) < 4.78 is 29.2. The van der Waals surface area contributed by atoms with Crippen molar-refractivity contribution in [1.29, 1.82) is 0 Å².